The predicted octanol–water partition coefficient (Wildman–Crippen LogP) is 4.62. The van der Waals surface area contributed by atoms with Crippen LogP contribution in [-0.4, -0.2) is 26.8 Å². The summed E-state index contributed by atoms with van der Waals surface area (Å²) in [7, 11) is 0. The predicted molar refractivity (Wildman–Crippen MR) is 101 cm³/mol. The summed E-state index contributed by atoms with van der Waals surface area (Å²) < 4.78 is 0. The molecule has 2 aromatic rings. The standard InChI is InChI=1S/C20H23N3S/c1-3-14-8-10-15(11-9-14)19-18(17-7-5-6-12-21-17)22-20-23(19)16(4-2)13-24-20/h5-12,16,18-19H,3-4,13H2,1-2H3. The number of thioether (sulfide) groups is 1. The molecule has 0 N–H and O–H groups in total. The van der Waals surface area contributed by atoms with E-state index in [0.717, 1.165) is 24.3 Å². The fourth-order valence-electron chi connectivity index (χ4n) is 3.66. The van der Waals surface area contributed by atoms with Gasteiger partial charge >= 0.3 is 0 Å². The maximum absolute atomic E-state index is 5.06. The highest BCUT2D eigenvalue weighted by atomic mass is 32.2. The van der Waals surface area contributed by atoms with Crippen LogP contribution in [0.5, 0.6) is 0 Å². The number of benzene rings is 1. The Morgan fingerprint density at radius 2 is 1.96 bits per heavy atom. The number of fused-ring (bicyclic) bond motifs is 1. The summed E-state index contributed by atoms with van der Waals surface area (Å²) in [6, 6.07) is 16.2. The molecule has 0 bridgehead atoms. The molecule has 3 heterocycles. The van der Waals surface area contributed by atoms with Gasteiger partial charge in [-0.2, -0.15) is 0 Å². The second-order valence-electron chi connectivity index (χ2n) is 6.43. The van der Waals surface area contributed by atoms with Crippen molar-refractivity contribution in [2.45, 2.75) is 44.8 Å². The Labute approximate surface area is 148 Å². The molecule has 0 aliphatic carbocycles. The quantitative estimate of drug-likeness (QED) is 0.815. The van der Waals surface area contributed by atoms with Gasteiger partial charge in [-0.15, -0.1) is 0 Å². The lowest BCUT2D eigenvalue weighted by atomic mass is 9.94. The van der Waals surface area contributed by atoms with Crippen LogP contribution in [0.4, 0.5) is 0 Å². The first-order chi connectivity index (χ1) is 11.8. The van der Waals surface area contributed by atoms with E-state index in [4.69, 9.17) is 4.99 Å². The number of hydrogen-bond donors (Lipinski definition) is 0. The Balaban J connectivity index is 1.76. The van der Waals surface area contributed by atoms with Gasteiger partial charge in [-0.3, -0.25) is 9.98 Å². The summed E-state index contributed by atoms with van der Waals surface area (Å²) >= 11 is 1.90. The van der Waals surface area contributed by atoms with Crippen molar-refractivity contribution < 1.29 is 0 Å². The molecule has 1 aromatic heterocycles. The highest BCUT2D eigenvalue weighted by Crippen LogP contribution is 2.48. The average Bonchev–Trinajstić information content (AvgIpc) is 3.21. The Morgan fingerprint density at radius 1 is 1.12 bits per heavy atom. The highest BCUT2D eigenvalue weighted by Gasteiger charge is 2.45. The molecule has 3 atom stereocenters. The van der Waals surface area contributed by atoms with Gasteiger partial charge in [0.15, 0.2) is 5.17 Å². The SMILES string of the molecule is CCc1ccc(C2C(c3ccccn3)N=C3SCC(CC)N32)cc1. The third-order valence-electron chi connectivity index (χ3n) is 5.06. The normalized spacial score (nSPS) is 25.7. The lowest BCUT2D eigenvalue weighted by Crippen LogP contribution is -2.35. The van der Waals surface area contributed by atoms with Gasteiger partial charge < -0.3 is 4.90 Å². The molecule has 2 aliphatic rings. The molecular weight excluding hydrogens is 314 g/mol. The molecule has 124 valence electrons. The van der Waals surface area contributed by atoms with Gasteiger partial charge in [0.1, 0.15) is 6.04 Å². The van der Waals surface area contributed by atoms with Crippen LogP contribution in [0.15, 0.2) is 53.7 Å². The minimum Gasteiger partial charge on any atom is -0.338 e. The summed E-state index contributed by atoms with van der Waals surface area (Å²) in [5.74, 6) is 1.15. The molecule has 0 spiro atoms. The number of pyridine rings is 1. The number of hydrogen-bond acceptors (Lipinski definition) is 4. The topological polar surface area (TPSA) is 28.5 Å². The van der Waals surface area contributed by atoms with Gasteiger partial charge in [-0.05, 0) is 36.1 Å². The van der Waals surface area contributed by atoms with E-state index in [9.17, 15) is 0 Å². The van der Waals surface area contributed by atoms with Gasteiger partial charge in [0.25, 0.3) is 0 Å². The molecule has 3 nitrogen and oxygen atoms in total. The maximum Gasteiger partial charge on any atom is 0.160 e. The molecule has 24 heavy (non-hydrogen) atoms. The zero-order valence-corrected chi connectivity index (χ0v) is 15.0. The third-order valence-corrected chi connectivity index (χ3v) is 6.18. The van der Waals surface area contributed by atoms with E-state index in [0.29, 0.717) is 6.04 Å². The monoisotopic (exact) mass is 337 g/mol. The van der Waals surface area contributed by atoms with Crippen LogP contribution >= 0.6 is 11.8 Å². The average molecular weight is 337 g/mol. The summed E-state index contributed by atoms with van der Waals surface area (Å²) in [5.41, 5.74) is 3.80. The van der Waals surface area contributed by atoms with Crippen molar-refractivity contribution >= 4 is 16.9 Å². The molecule has 4 rings (SSSR count). The van der Waals surface area contributed by atoms with E-state index in [2.05, 4.69) is 60.1 Å². The fraction of sp³-hybridized carbons (Fsp3) is 0.400. The summed E-state index contributed by atoms with van der Waals surface area (Å²) in [6.45, 7) is 4.48. The molecular formula is C20H23N3S. The second-order valence-corrected chi connectivity index (χ2v) is 7.42. The minimum atomic E-state index is 0.0931. The van der Waals surface area contributed by atoms with Crippen LogP contribution < -0.4 is 0 Å². The van der Waals surface area contributed by atoms with E-state index >= 15 is 0 Å². The zero-order valence-electron chi connectivity index (χ0n) is 14.2. The molecule has 1 saturated heterocycles. The van der Waals surface area contributed by atoms with Crippen molar-refractivity contribution in [3.8, 4) is 0 Å². The van der Waals surface area contributed by atoms with Crippen LogP contribution in [0, 0.1) is 0 Å². The number of nitrogens with zero attached hydrogens (tertiary/aromatic N) is 3. The van der Waals surface area contributed by atoms with Crippen LogP contribution in [0.2, 0.25) is 0 Å². The highest BCUT2D eigenvalue weighted by molar-refractivity contribution is 8.14. The van der Waals surface area contributed by atoms with E-state index in [1.54, 1.807) is 0 Å². The number of aryl methyl sites for hydroxylation is 1. The van der Waals surface area contributed by atoms with Crippen molar-refractivity contribution in [3.63, 3.8) is 0 Å². The molecule has 0 amide bonds. The smallest absolute Gasteiger partial charge is 0.160 e. The van der Waals surface area contributed by atoms with Gasteiger partial charge in [0, 0.05) is 18.0 Å². The largest absolute Gasteiger partial charge is 0.338 e. The van der Waals surface area contributed by atoms with E-state index < -0.39 is 0 Å². The summed E-state index contributed by atoms with van der Waals surface area (Å²) in [4.78, 5) is 12.2. The van der Waals surface area contributed by atoms with Crippen molar-refractivity contribution in [2.24, 2.45) is 4.99 Å². The Bertz CT molecular complexity index is 726. The molecule has 0 saturated carbocycles. The Morgan fingerprint density at radius 3 is 2.62 bits per heavy atom. The fourth-order valence-corrected chi connectivity index (χ4v) is 5.00. The molecule has 3 unspecified atom stereocenters. The molecule has 4 heteroatoms. The Kier molecular flexibility index (Phi) is 4.31. The van der Waals surface area contributed by atoms with E-state index in [1.165, 1.54) is 16.3 Å². The first-order valence-corrected chi connectivity index (χ1v) is 9.79. The van der Waals surface area contributed by atoms with Crippen LogP contribution in [0.25, 0.3) is 0 Å². The van der Waals surface area contributed by atoms with Crippen LogP contribution in [0.3, 0.4) is 0 Å². The number of aromatic nitrogens is 1. The lowest BCUT2D eigenvalue weighted by molar-refractivity contribution is 0.255. The zero-order chi connectivity index (χ0) is 16.5. The van der Waals surface area contributed by atoms with Crippen LogP contribution in [0.1, 0.15) is 49.2 Å². The third kappa shape index (κ3) is 2.63. The maximum atomic E-state index is 5.06. The number of aliphatic imine (C=N–C) groups is 1. The van der Waals surface area contributed by atoms with E-state index in [1.807, 2.05) is 24.0 Å². The van der Waals surface area contributed by atoms with Gasteiger partial charge in [0.05, 0.1) is 11.7 Å². The minimum absolute atomic E-state index is 0.0931. The molecule has 2 aliphatic heterocycles. The van der Waals surface area contributed by atoms with Gasteiger partial charge in [0.2, 0.25) is 0 Å². The Hall–Kier alpha value is -1.81. The van der Waals surface area contributed by atoms with Crippen molar-refractivity contribution in [1.29, 1.82) is 0 Å². The summed E-state index contributed by atoms with van der Waals surface area (Å²) in [5, 5.41) is 1.20. The molecule has 0 radical (unpaired) electrons. The first kappa shape index (κ1) is 15.7. The number of rotatable bonds is 4. The summed E-state index contributed by atoms with van der Waals surface area (Å²) in [6.07, 6.45) is 4.11. The van der Waals surface area contributed by atoms with Crippen molar-refractivity contribution in [3.05, 3.63) is 65.5 Å². The lowest BCUT2D eigenvalue weighted by Gasteiger charge is -2.32. The second kappa shape index (κ2) is 6.60. The van der Waals surface area contributed by atoms with E-state index in [-0.39, 0.29) is 12.1 Å². The number of amidine groups is 1. The molecule has 1 aromatic carbocycles. The first-order valence-electron chi connectivity index (χ1n) is 8.80. The molecule has 1 fully saturated rings. The van der Waals surface area contributed by atoms with Crippen LogP contribution in [-0.2, 0) is 6.42 Å². The van der Waals surface area contributed by atoms with Gasteiger partial charge in [-0.1, -0.05) is 55.9 Å². The van der Waals surface area contributed by atoms with Gasteiger partial charge in [-0.25, -0.2) is 0 Å². The van der Waals surface area contributed by atoms with Crippen molar-refractivity contribution in [2.75, 3.05) is 5.75 Å². The van der Waals surface area contributed by atoms with Crippen molar-refractivity contribution in [1.82, 2.24) is 9.88 Å².